The minimum atomic E-state index is -0.370. The van der Waals surface area contributed by atoms with Gasteiger partial charge in [0.1, 0.15) is 0 Å². The molecule has 1 aromatic heterocycles. The fourth-order valence-corrected chi connectivity index (χ4v) is 4.33. The summed E-state index contributed by atoms with van der Waals surface area (Å²) in [5.74, 6) is -0.666. The zero-order valence-electron chi connectivity index (χ0n) is 18.7. The first-order chi connectivity index (χ1) is 16.1. The van der Waals surface area contributed by atoms with Gasteiger partial charge in [-0.15, -0.1) is 10.2 Å². The summed E-state index contributed by atoms with van der Waals surface area (Å²) >= 11 is 0.993. The molecule has 0 unspecified atom stereocenters. The number of aromatic nitrogens is 2. The Kier molecular flexibility index (Phi) is 7.64. The highest BCUT2D eigenvalue weighted by Crippen LogP contribution is 2.16. The molecule has 2 N–H and O–H groups in total. The Labute approximate surface area is 197 Å². The molecule has 172 valence electrons. The van der Waals surface area contributed by atoms with Gasteiger partial charge in [-0.3, -0.25) is 14.5 Å². The number of para-hydroxylation sites is 1. The van der Waals surface area contributed by atoms with E-state index in [0.717, 1.165) is 56.0 Å². The fraction of sp³-hybridized carbons (Fsp3) is 0.333. The lowest BCUT2D eigenvalue weighted by atomic mass is 10.2. The second-order valence-electron chi connectivity index (χ2n) is 8.01. The van der Waals surface area contributed by atoms with Crippen LogP contribution in [0.2, 0.25) is 0 Å². The third kappa shape index (κ3) is 6.36. The molecular formula is C24H28N6O2S. The number of amides is 2. The highest BCUT2D eigenvalue weighted by atomic mass is 32.1. The molecule has 4 rings (SSSR count). The highest BCUT2D eigenvalue weighted by Gasteiger charge is 2.19. The topological polar surface area (TPSA) is 90.5 Å². The third-order valence-corrected chi connectivity index (χ3v) is 6.47. The van der Waals surface area contributed by atoms with E-state index in [4.69, 9.17) is 0 Å². The van der Waals surface area contributed by atoms with Crippen molar-refractivity contribution in [2.75, 3.05) is 49.5 Å². The molecule has 2 heterocycles. The maximum atomic E-state index is 12.4. The van der Waals surface area contributed by atoms with Gasteiger partial charge >= 0.3 is 0 Å². The van der Waals surface area contributed by atoms with Crippen molar-refractivity contribution in [3.05, 3.63) is 70.2 Å². The maximum Gasteiger partial charge on any atom is 0.286 e. The van der Waals surface area contributed by atoms with Crippen LogP contribution in [-0.2, 0) is 0 Å². The number of piperazine rings is 1. The summed E-state index contributed by atoms with van der Waals surface area (Å²) in [6, 6.07) is 18.0. The van der Waals surface area contributed by atoms with E-state index in [-0.39, 0.29) is 21.8 Å². The maximum absolute atomic E-state index is 12.4. The third-order valence-electron chi connectivity index (χ3n) is 5.55. The Bertz CT molecular complexity index is 1060. The van der Waals surface area contributed by atoms with E-state index >= 15 is 0 Å². The number of anilines is 2. The lowest BCUT2D eigenvalue weighted by molar-refractivity contribution is 0.0949. The van der Waals surface area contributed by atoms with Gasteiger partial charge in [-0.1, -0.05) is 47.2 Å². The lowest BCUT2D eigenvalue weighted by Crippen LogP contribution is -2.47. The molecule has 0 bridgehead atoms. The van der Waals surface area contributed by atoms with Crippen LogP contribution < -0.4 is 15.5 Å². The van der Waals surface area contributed by atoms with E-state index in [1.807, 2.05) is 37.3 Å². The van der Waals surface area contributed by atoms with Crippen molar-refractivity contribution in [1.29, 1.82) is 0 Å². The number of hydrogen-bond acceptors (Lipinski definition) is 7. The molecular weight excluding hydrogens is 436 g/mol. The van der Waals surface area contributed by atoms with Crippen LogP contribution in [0.3, 0.4) is 0 Å². The van der Waals surface area contributed by atoms with Crippen molar-refractivity contribution in [2.24, 2.45) is 0 Å². The zero-order chi connectivity index (χ0) is 23.0. The second-order valence-corrected chi connectivity index (χ2v) is 8.98. The van der Waals surface area contributed by atoms with E-state index in [1.165, 1.54) is 5.69 Å². The van der Waals surface area contributed by atoms with Crippen LogP contribution in [0.4, 0.5) is 11.4 Å². The van der Waals surface area contributed by atoms with Crippen molar-refractivity contribution in [3.63, 3.8) is 0 Å². The van der Waals surface area contributed by atoms with Crippen LogP contribution in [0.1, 0.15) is 31.6 Å². The Balaban J connectivity index is 1.16. The van der Waals surface area contributed by atoms with Crippen LogP contribution in [-0.4, -0.2) is 66.2 Å². The summed E-state index contributed by atoms with van der Waals surface area (Å²) in [7, 11) is 0. The number of rotatable bonds is 8. The average molecular weight is 465 g/mol. The van der Waals surface area contributed by atoms with Gasteiger partial charge in [-0.2, -0.15) is 0 Å². The predicted octanol–water partition coefficient (Wildman–Crippen LogP) is 3.04. The Morgan fingerprint density at radius 3 is 2.27 bits per heavy atom. The molecule has 9 heteroatoms. The van der Waals surface area contributed by atoms with Gasteiger partial charge in [-0.05, 0) is 44.2 Å². The summed E-state index contributed by atoms with van der Waals surface area (Å²) in [4.78, 5) is 29.5. The van der Waals surface area contributed by atoms with Crippen molar-refractivity contribution in [2.45, 2.75) is 13.3 Å². The van der Waals surface area contributed by atoms with Gasteiger partial charge in [0, 0.05) is 44.1 Å². The van der Waals surface area contributed by atoms with Crippen molar-refractivity contribution >= 4 is 34.5 Å². The summed E-state index contributed by atoms with van der Waals surface area (Å²) in [6.45, 7) is 7.51. The number of benzene rings is 2. The molecule has 1 aliphatic rings. The van der Waals surface area contributed by atoms with Gasteiger partial charge < -0.3 is 15.5 Å². The minimum Gasteiger partial charge on any atom is -0.369 e. The van der Waals surface area contributed by atoms with Crippen LogP contribution >= 0.6 is 11.3 Å². The van der Waals surface area contributed by atoms with Crippen LogP contribution in [0.5, 0.6) is 0 Å². The van der Waals surface area contributed by atoms with E-state index in [1.54, 1.807) is 0 Å². The van der Waals surface area contributed by atoms with Gasteiger partial charge in [0.15, 0.2) is 0 Å². The van der Waals surface area contributed by atoms with E-state index in [0.29, 0.717) is 12.2 Å². The van der Waals surface area contributed by atoms with Crippen LogP contribution in [0.15, 0.2) is 54.6 Å². The van der Waals surface area contributed by atoms with Crippen molar-refractivity contribution < 1.29 is 9.59 Å². The number of hydrogen-bond donors (Lipinski definition) is 2. The number of nitrogens with one attached hydrogen (secondary N) is 2. The Morgan fingerprint density at radius 1 is 0.909 bits per heavy atom. The van der Waals surface area contributed by atoms with Crippen LogP contribution in [0, 0.1) is 6.92 Å². The number of aryl methyl sites for hydroxylation is 1. The van der Waals surface area contributed by atoms with E-state index in [2.05, 4.69) is 54.9 Å². The SMILES string of the molecule is Cc1ccc(NC(=O)c2nnc(C(=O)NCCCN3CCN(c4ccccc4)CC3)s2)cc1. The van der Waals surface area contributed by atoms with E-state index < -0.39 is 0 Å². The smallest absolute Gasteiger partial charge is 0.286 e. The largest absolute Gasteiger partial charge is 0.369 e. The summed E-state index contributed by atoms with van der Waals surface area (Å²) in [5.41, 5.74) is 3.06. The molecule has 8 nitrogen and oxygen atoms in total. The monoisotopic (exact) mass is 464 g/mol. The summed E-state index contributed by atoms with van der Waals surface area (Å²) < 4.78 is 0. The molecule has 33 heavy (non-hydrogen) atoms. The molecule has 0 aliphatic carbocycles. The highest BCUT2D eigenvalue weighted by molar-refractivity contribution is 7.15. The molecule has 3 aromatic rings. The molecule has 1 saturated heterocycles. The second kappa shape index (κ2) is 11.0. The normalized spacial score (nSPS) is 14.2. The van der Waals surface area contributed by atoms with E-state index in [9.17, 15) is 9.59 Å². The first kappa shape index (κ1) is 22.9. The van der Waals surface area contributed by atoms with Gasteiger partial charge in [0.2, 0.25) is 10.0 Å². The average Bonchev–Trinajstić information content (AvgIpc) is 3.35. The van der Waals surface area contributed by atoms with Gasteiger partial charge in [0.25, 0.3) is 11.8 Å². The molecule has 1 aliphatic heterocycles. The van der Waals surface area contributed by atoms with Crippen LogP contribution in [0.25, 0.3) is 0 Å². The molecule has 0 saturated carbocycles. The number of carbonyl (C=O) groups excluding carboxylic acids is 2. The zero-order valence-corrected chi connectivity index (χ0v) is 19.5. The van der Waals surface area contributed by atoms with Crippen molar-refractivity contribution in [1.82, 2.24) is 20.4 Å². The molecule has 1 fully saturated rings. The first-order valence-electron chi connectivity index (χ1n) is 11.1. The summed E-state index contributed by atoms with van der Waals surface area (Å²) in [6.07, 6.45) is 0.858. The van der Waals surface area contributed by atoms with Gasteiger partial charge in [-0.25, -0.2) is 0 Å². The minimum absolute atomic E-state index is 0.164. The standard InChI is InChI=1S/C24H28N6O2S/c1-18-8-10-19(11-9-18)26-22(32)24-28-27-23(33-24)21(31)25-12-5-13-29-14-16-30(17-15-29)20-6-3-2-4-7-20/h2-4,6-11H,5,12-17H2,1H3,(H,25,31)(H,26,32). The quantitative estimate of drug-likeness (QED) is 0.498. The fourth-order valence-electron chi connectivity index (χ4n) is 3.68. The predicted molar refractivity (Wildman–Crippen MR) is 131 cm³/mol. The number of carbonyl (C=O) groups is 2. The molecule has 2 aromatic carbocycles. The molecule has 2 amide bonds. The summed E-state index contributed by atoms with van der Waals surface area (Å²) in [5, 5.41) is 13.8. The Hall–Kier alpha value is -3.30. The first-order valence-corrected chi connectivity index (χ1v) is 11.9. The Morgan fingerprint density at radius 2 is 1.58 bits per heavy atom. The molecule has 0 atom stereocenters. The van der Waals surface area contributed by atoms with Crippen molar-refractivity contribution in [3.8, 4) is 0 Å². The molecule has 0 radical (unpaired) electrons. The lowest BCUT2D eigenvalue weighted by Gasteiger charge is -2.36. The van der Waals surface area contributed by atoms with Gasteiger partial charge in [0.05, 0.1) is 0 Å². The number of nitrogens with zero attached hydrogens (tertiary/aromatic N) is 4. The molecule has 0 spiro atoms.